The molecule has 1 aromatic carbocycles. The highest BCUT2D eigenvalue weighted by atomic mass is 32.1. The Balaban J connectivity index is 1.94. The second-order valence-electron chi connectivity index (χ2n) is 3.67. The predicted octanol–water partition coefficient (Wildman–Crippen LogP) is 2.20. The second-order valence-corrected chi connectivity index (χ2v) is 4.64. The second kappa shape index (κ2) is 4.61. The summed E-state index contributed by atoms with van der Waals surface area (Å²) in [5.74, 6) is 0. The number of hydrogen-bond donors (Lipinski definition) is 1. The summed E-state index contributed by atoms with van der Waals surface area (Å²) in [6, 6.07) is 2.97. The number of rotatable bonds is 4. The van der Waals surface area contributed by atoms with Crippen LogP contribution in [0.5, 0.6) is 0 Å². The van der Waals surface area contributed by atoms with E-state index in [0.717, 1.165) is 4.88 Å². The van der Waals surface area contributed by atoms with Crippen molar-refractivity contribution < 1.29 is 9.55 Å². The molecule has 2 heterocycles. The lowest BCUT2D eigenvalue weighted by molar-refractivity contribution is -0.383. The van der Waals surface area contributed by atoms with Crippen LogP contribution in [-0.4, -0.2) is 20.2 Å². The smallest absolute Gasteiger partial charge is 0.300 e. The maximum absolute atomic E-state index is 10.8. The van der Waals surface area contributed by atoms with E-state index in [9.17, 15) is 10.1 Å². The summed E-state index contributed by atoms with van der Waals surface area (Å²) in [7, 11) is 0. The summed E-state index contributed by atoms with van der Waals surface area (Å²) >= 11 is 1.52. The van der Waals surface area contributed by atoms with Crippen LogP contribution in [0.1, 0.15) is 4.88 Å². The third kappa shape index (κ3) is 2.10. The van der Waals surface area contributed by atoms with Crippen LogP contribution in [0.4, 0.5) is 11.4 Å². The van der Waals surface area contributed by atoms with Gasteiger partial charge in [0.1, 0.15) is 0 Å². The molecule has 0 aliphatic rings. The van der Waals surface area contributed by atoms with Gasteiger partial charge in [-0.3, -0.25) is 15.1 Å². The highest BCUT2D eigenvalue weighted by molar-refractivity contribution is 7.09. The number of thiazole rings is 1. The lowest BCUT2D eigenvalue weighted by Crippen LogP contribution is -1.99. The number of hydrogen-bond acceptors (Lipinski definition) is 8. The van der Waals surface area contributed by atoms with Crippen molar-refractivity contribution in [3.63, 3.8) is 0 Å². The minimum Gasteiger partial charge on any atom is -0.378 e. The van der Waals surface area contributed by atoms with Gasteiger partial charge in [-0.25, -0.2) is 4.63 Å². The molecule has 3 rings (SSSR count). The van der Waals surface area contributed by atoms with Crippen molar-refractivity contribution in [2.75, 3.05) is 5.32 Å². The number of benzene rings is 1. The first-order valence-electron chi connectivity index (χ1n) is 5.26. The number of nitrogens with zero attached hydrogens (tertiary/aromatic N) is 4. The molecular formula is C10H7N5O3S. The van der Waals surface area contributed by atoms with Gasteiger partial charge in [0.15, 0.2) is 5.52 Å². The van der Waals surface area contributed by atoms with Gasteiger partial charge in [0.25, 0.3) is 0 Å². The largest absolute Gasteiger partial charge is 0.378 e. The van der Waals surface area contributed by atoms with Crippen molar-refractivity contribution in [3.05, 3.63) is 38.8 Å². The van der Waals surface area contributed by atoms with Crippen molar-refractivity contribution in [1.82, 2.24) is 15.3 Å². The van der Waals surface area contributed by atoms with Crippen LogP contribution >= 0.6 is 11.3 Å². The van der Waals surface area contributed by atoms with Gasteiger partial charge < -0.3 is 5.32 Å². The topological polar surface area (TPSA) is 107 Å². The van der Waals surface area contributed by atoms with E-state index in [1.165, 1.54) is 17.4 Å². The molecule has 0 spiro atoms. The normalized spacial score (nSPS) is 10.7. The quantitative estimate of drug-likeness (QED) is 0.575. The molecule has 0 unspecified atom stereocenters. The van der Waals surface area contributed by atoms with Crippen molar-refractivity contribution >= 4 is 33.7 Å². The molecule has 9 heteroatoms. The molecule has 0 radical (unpaired) electrons. The van der Waals surface area contributed by atoms with Crippen LogP contribution in [0.15, 0.2) is 28.5 Å². The van der Waals surface area contributed by atoms with Crippen LogP contribution in [0, 0.1) is 10.1 Å². The summed E-state index contributed by atoms with van der Waals surface area (Å²) in [5, 5.41) is 21.2. The van der Waals surface area contributed by atoms with E-state index in [1.54, 1.807) is 17.8 Å². The summed E-state index contributed by atoms with van der Waals surface area (Å²) in [6.45, 7) is 0.560. The fourth-order valence-electron chi connectivity index (χ4n) is 1.66. The van der Waals surface area contributed by atoms with E-state index in [-0.39, 0.29) is 11.2 Å². The Kier molecular flexibility index (Phi) is 2.80. The number of nitrogens with one attached hydrogen (secondary N) is 1. The van der Waals surface area contributed by atoms with E-state index in [0.29, 0.717) is 17.7 Å². The summed E-state index contributed by atoms with van der Waals surface area (Å²) in [4.78, 5) is 15.3. The molecule has 0 fully saturated rings. The lowest BCUT2D eigenvalue weighted by Gasteiger charge is -2.04. The van der Waals surface area contributed by atoms with E-state index in [2.05, 4.69) is 25.2 Å². The van der Waals surface area contributed by atoms with E-state index >= 15 is 0 Å². The third-order valence-corrected chi connectivity index (χ3v) is 3.31. The zero-order chi connectivity index (χ0) is 13.2. The number of non-ortho nitro benzene ring substituents is 1. The molecule has 0 saturated heterocycles. The lowest BCUT2D eigenvalue weighted by atomic mass is 10.2. The number of nitro groups is 1. The summed E-state index contributed by atoms with van der Waals surface area (Å²) < 4.78 is 4.58. The van der Waals surface area contributed by atoms with Gasteiger partial charge in [-0.1, -0.05) is 0 Å². The Morgan fingerprint density at radius 2 is 2.21 bits per heavy atom. The van der Waals surface area contributed by atoms with E-state index in [1.807, 2.05) is 0 Å². The zero-order valence-corrected chi connectivity index (χ0v) is 10.3. The van der Waals surface area contributed by atoms with Crippen molar-refractivity contribution in [2.45, 2.75) is 6.54 Å². The number of anilines is 1. The SMILES string of the molecule is O=[N+]([O-])c1ccc(NCc2cncs2)c2nonc12. The molecule has 2 aromatic heterocycles. The molecule has 96 valence electrons. The standard InChI is InChI=1S/C10H7N5O3S/c16-15(17)8-2-1-7(9-10(8)14-18-13-9)12-4-6-3-11-5-19-6/h1-3,5,12H,4H2. The number of aromatic nitrogens is 3. The first-order chi connectivity index (χ1) is 9.25. The summed E-state index contributed by atoms with van der Waals surface area (Å²) in [5.41, 5.74) is 2.73. The van der Waals surface area contributed by atoms with Crippen molar-refractivity contribution in [1.29, 1.82) is 0 Å². The predicted molar refractivity (Wildman–Crippen MR) is 67.9 cm³/mol. The molecule has 1 N–H and O–H groups in total. The van der Waals surface area contributed by atoms with Gasteiger partial charge in [-0.2, -0.15) is 0 Å². The highest BCUT2D eigenvalue weighted by Crippen LogP contribution is 2.29. The number of nitro benzene ring substituents is 1. The van der Waals surface area contributed by atoms with Crippen LogP contribution < -0.4 is 5.32 Å². The van der Waals surface area contributed by atoms with Gasteiger partial charge in [-0.05, 0) is 16.4 Å². The molecule has 0 amide bonds. The van der Waals surface area contributed by atoms with Gasteiger partial charge in [0, 0.05) is 17.1 Å². The average molecular weight is 277 g/mol. The van der Waals surface area contributed by atoms with Crippen LogP contribution in [-0.2, 0) is 6.54 Å². The fourth-order valence-corrected chi connectivity index (χ4v) is 2.19. The average Bonchev–Trinajstić information content (AvgIpc) is 3.06. The Bertz CT molecular complexity index is 724. The molecule has 19 heavy (non-hydrogen) atoms. The Morgan fingerprint density at radius 1 is 1.37 bits per heavy atom. The maximum Gasteiger partial charge on any atom is 0.300 e. The minimum atomic E-state index is -0.514. The minimum absolute atomic E-state index is 0.125. The highest BCUT2D eigenvalue weighted by Gasteiger charge is 2.19. The Hall–Kier alpha value is -2.55. The molecule has 0 saturated carbocycles. The van der Waals surface area contributed by atoms with Crippen molar-refractivity contribution in [3.8, 4) is 0 Å². The third-order valence-electron chi connectivity index (χ3n) is 2.53. The van der Waals surface area contributed by atoms with Gasteiger partial charge in [0.2, 0.25) is 5.52 Å². The molecule has 0 aliphatic carbocycles. The molecule has 0 aliphatic heterocycles. The summed E-state index contributed by atoms with van der Waals surface area (Å²) in [6.07, 6.45) is 1.75. The first kappa shape index (κ1) is 11.5. The monoisotopic (exact) mass is 277 g/mol. The van der Waals surface area contributed by atoms with Crippen LogP contribution in [0.25, 0.3) is 11.0 Å². The van der Waals surface area contributed by atoms with Gasteiger partial charge >= 0.3 is 5.69 Å². The van der Waals surface area contributed by atoms with E-state index in [4.69, 9.17) is 0 Å². The van der Waals surface area contributed by atoms with Gasteiger partial charge in [0.05, 0.1) is 22.7 Å². The Morgan fingerprint density at radius 3 is 2.95 bits per heavy atom. The molecule has 3 aromatic rings. The fraction of sp³-hybridized carbons (Fsp3) is 0.100. The number of fused-ring (bicyclic) bond motifs is 1. The molecule has 8 nitrogen and oxygen atoms in total. The van der Waals surface area contributed by atoms with E-state index < -0.39 is 4.92 Å². The Labute approximate surface area is 110 Å². The van der Waals surface area contributed by atoms with Crippen molar-refractivity contribution in [2.24, 2.45) is 0 Å². The molecule has 0 bridgehead atoms. The van der Waals surface area contributed by atoms with Crippen LogP contribution in [0.3, 0.4) is 0 Å². The molecule has 0 atom stereocenters. The first-order valence-corrected chi connectivity index (χ1v) is 6.14. The van der Waals surface area contributed by atoms with Gasteiger partial charge in [-0.15, -0.1) is 11.3 Å². The zero-order valence-electron chi connectivity index (χ0n) is 9.44. The van der Waals surface area contributed by atoms with Crippen LogP contribution in [0.2, 0.25) is 0 Å². The maximum atomic E-state index is 10.8. The molecular weight excluding hydrogens is 270 g/mol.